The van der Waals surface area contributed by atoms with Gasteiger partial charge in [0.2, 0.25) is 29.5 Å². The highest BCUT2D eigenvalue weighted by atomic mass is 16.4. The average Bonchev–Trinajstić information content (AvgIpc) is 2.91. The molecule has 5 amide bonds. The summed E-state index contributed by atoms with van der Waals surface area (Å²) in [6, 6.07) is -3.71. The van der Waals surface area contributed by atoms with E-state index in [4.69, 9.17) is 22.3 Å². The number of hydrogen-bond acceptors (Lipinski definition) is 10. The molecule has 40 heavy (non-hydrogen) atoms. The summed E-state index contributed by atoms with van der Waals surface area (Å²) in [5.41, 5.74) is 16.0. The molecule has 0 aromatic heterocycles. The standard InChI is InChI=1S/C23H42N8O9/c24-9-3-1-5-14(29-18(33)12-27-17(32)11-26)21(37)28-13-19(34)30-15(7-8-20(35)36)22(38)31-16(23(39)40)6-2-4-10-25/h14-16H,1-13,24-26H2,(H,27,32)(H,28,37)(H,29,33)(H,30,34)(H,31,38)(H,35,36)(H,39,40)/t14-,15-,16-/m0/s1. The molecule has 0 heterocycles. The number of unbranched alkanes of at least 4 members (excludes halogenated alkanes) is 2. The van der Waals surface area contributed by atoms with Crippen molar-refractivity contribution in [2.75, 3.05) is 32.7 Å². The average molecular weight is 575 g/mol. The van der Waals surface area contributed by atoms with E-state index in [0.717, 1.165) is 0 Å². The van der Waals surface area contributed by atoms with Gasteiger partial charge < -0.3 is 54.0 Å². The highest BCUT2D eigenvalue weighted by molar-refractivity contribution is 5.94. The molecule has 0 aliphatic carbocycles. The van der Waals surface area contributed by atoms with Crippen LogP contribution in [0.3, 0.4) is 0 Å². The van der Waals surface area contributed by atoms with Gasteiger partial charge in [0.15, 0.2) is 0 Å². The SMILES string of the molecule is NCCCC[C@H](NC(=O)[C@H](CCC(=O)O)NC(=O)CNC(=O)[C@H](CCCCN)NC(=O)CNC(=O)CN)C(=O)O. The van der Waals surface area contributed by atoms with Crippen LogP contribution in [0.4, 0.5) is 0 Å². The first-order valence-corrected chi connectivity index (χ1v) is 12.9. The van der Waals surface area contributed by atoms with Gasteiger partial charge in [0.1, 0.15) is 18.1 Å². The van der Waals surface area contributed by atoms with Gasteiger partial charge >= 0.3 is 11.9 Å². The van der Waals surface area contributed by atoms with Crippen molar-refractivity contribution in [2.45, 2.75) is 69.5 Å². The molecular weight excluding hydrogens is 532 g/mol. The number of carbonyl (C=O) groups excluding carboxylic acids is 5. The summed E-state index contributed by atoms with van der Waals surface area (Å²) in [4.78, 5) is 83.8. The second-order valence-corrected chi connectivity index (χ2v) is 8.84. The lowest BCUT2D eigenvalue weighted by atomic mass is 10.1. The first-order valence-electron chi connectivity index (χ1n) is 12.9. The molecule has 0 bridgehead atoms. The summed E-state index contributed by atoms with van der Waals surface area (Å²) < 4.78 is 0. The van der Waals surface area contributed by atoms with Gasteiger partial charge in [0.25, 0.3) is 0 Å². The number of amides is 5. The Labute approximate surface area is 231 Å². The highest BCUT2D eigenvalue weighted by Crippen LogP contribution is 2.05. The number of hydrogen-bond donors (Lipinski definition) is 10. The van der Waals surface area contributed by atoms with Crippen molar-refractivity contribution in [2.24, 2.45) is 17.2 Å². The maximum absolute atomic E-state index is 12.7. The van der Waals surface area contributed by atoms with Crippen molar-refractivity contribution in [1.82, 2.24) is 26.6 Å². The summed E-state index contributed by atoms with van der Waals surface area (Å²) in [7, 11) is 0. The van der Waals surface area contributed by atoms with Crippen LogP contribution >= 0.6 is 0 Å². The first-order chi connectivity index (χ1) is 18.9. The zero-order valence-electron chi connectivity index (χ0n) is 22.4. The monoisotopic (exact) mass is 574 g/mol. The number of rotatable bonds is 22. The number of carboxylic acids is 2. The third kappa shape index (κ3) is 16.9. The smallest absolute Gasteiger partial charge is 0.326 e. The van der Waals surface area contributed by atoms with Gasteiger partial charge in [0, 0.05) is 6.42 Å². The molecule has 0 aromatic rings. The number of nitrogens with one attached hydrogen (secondary N) is 5. The van der Waals surface area contributed by atoms with Crippen LogP contribution in [0.25, 0.3) is 0 Å². The van der Waals surface area contributed by atoms with E-state index < -0.39 is 79.1 Å². The molecule has 0 aliphatic heterocycles. The fourth-order valence-electron chi connectivity index (χ4n) is 3.35. The molecule has 17 nitrogen and oxygen atoms in total. The van der Waals surface area contributed by atoms with Crippen molar-refractivity contribution < 1.29 is 43.8 Å². The first kappa shape index (κ1) is 36.2. The topological polar surface area (TPSA) is 298 Å². The summed E-state index contributed by atoms with van der Waals surface area (Å²) in [6.07, 6.45) is 1.45. The Morgan fingerprint density at radius 3 is 1.55 bits per heavy atom. The number of carbonyl (C=O) groups is 7. The summed E-state index contributed by atoms with van der Waals surface area (Å²) >= 11 is 0. The molecule has 0 spiro atoms. The Bertz CT molecular complexity index is 871. The number of carboxylic acid groups (broad SMARTS) is 2. The quantitative estimate of drug-likeness (QED) is 0.0551. The van der Waals surface area contributed by atoms with Gasteiger partial charge in [-0.05, 0) is 58.0 Å². The molecule has 0 radical (unpaired) electrons. The van der Waals surface area contributed by atoms with Crippen LogP contribution in [0, 0.1) is 0 Å². The molecule has 0 fully saturated rings. The van der Waals surface area contributed by atoms with Crippen LogP contribution < -0.4 is 43.8 Å². The molecule has 228 valence electrons. The zero-order valence-corrected chi connectivity index (χ0v) is 22.4. The summed E-state index contributed by atoms with van der Waals surface area (Å²) in [5.74, 6) is -6.23. The maximum Gasteiger partial charge on any atom is 0.326 e. The zero-order chi connectivity index (χ0) is 30.5. The van der Waals surface area contributed by atoms with Crippen molar-refractivity contribution in [3.63, 3.8) is 0 Å². The molecule has 0 saturated carbocycles. The normalized spacial score (nSPS) is 12.8. The molecule has 17 heteroatoms. The molecule has 0 aliphatic rings. The van der Waals surface area contributed by atoms with Crippen LogP contribution in [0.1, 0.15) is 51.4 Å². The fraction of sp³-hybridized carbons (Fsp3) is 0.696. The molecule has 0 unspecified atom stereocenters. The Morgan fingerprint density at radius 2 is 1.07 bits per heavy atom. The molecule has 0 rings (SSSR count). The Morgan fingerprint density at radius 1 is 0.575 bits per heavy atom. The lowest BCUT2D eigenvalue weighted by Crippen LogP contribution is -2.54. The van der Waals surface area contributed by atoms with Gasteiger partial charge in [-0.2, -0.15) is 0 Å². The molecule has 0 saturated heterocycles. The van der Waals surface area contributed by atoms with E-state index in [9.17, 15) is 38.7 Å². The lowest BCUT2D eigenvalue weighted by molar-refractivity contribution is -0.143. The third-order valence-electron chi connectivity index (χ3n) is 5.51. The van der Waals surface area contributed by atoms with Crippen LogP contribution in [0.2, 0.25) is 0 Å². The van der Waals surface area contributed by atoms with Crippen molar-refractivity contribution in [3.8, 4) is 0 Å². The Hall–Kier alpha value is -3.83. The predicted octanol–water partition coefficient (Wildman–Crippen LogP) is -4.16. The van der Waals surface area contributed by atoms with Gasteiger partial charge in [-0.1, -0.05) is 0 Å². The molecule has 13 N–H and O–H groups in total. The summed E-state index contributed by atoms with van der Waals surface area (Å²) in [6.45, 7) is -0.666. The minimum absolute atomic E-state index is 0.0844. The van der Waals surface area contributed by atoms with Gasteiger partial charge in [-0.25, -0.2) is 4.79 Å². The predicted molar refractivity (Wildman–Crippen MR) is 141 cm³/mol. The number of nitrogens with two attached hydrogens (primary N) is 3. The molecule has 0 aromatic carbocycles. The number of aliphatic carboxylic acids is 2. The van der Waals surface area contributed by atoms with Crippen LogP contribution in [-0.2, 0) is 33.6 Å². The van der Waals surface area contributed by atoms with E-state index in [0.29, 0.717) is 38.8 Å². The van der Waals surface area contributed by atoms with Gasteiger partial charge in [-0.3, -0.25) is 28.8 Å². The minimum atomic E-state index is -1.39. The van der Waals surface area contributed by atoms with E-state index in [1.807, 2.05) is 0 Å². The van der Waals surface area contributed by atoms with E-state index >= 15 is 0 Å². The second-order valence-electron chi connectivity index (χ2n) is 8.84. The largest absolute Gasteiger partial charge is 0.481 e. The van der Waals surface area contributed by atoms with E-state index in [1.165, 1.54) is 0 Å². The van der Waals surface area contributed by atoms with Crippen molar-refractivity contribution >= 4 is 41.5 Å². The highest BCUT2D eigenvalue weighted by Gasteiger charge is 2.27. The minimum Gasteiger partial charge on any atom is -0.481 e. The fourth-order valence-corrected chi connectivity index (χ4v) is 3.35. The lowest BCUT2D eigenvalue weighted by Gasteiger charge is -2.22. The molecular formula is C23H42N8O9. The second kappa shape index (κ2) is 21.0. The van der Waals surface area contributed by atoms with Crippen LogP contribution in [0.15, 0.2) is 0 Å². The molecule has 3 atom stereocenters. The van der Waals surface area contributed by atoms with E-state index in [-0.39, 0.29) is 25.8 Å². The van der Waals surface area contributed by atoms with Crippen LogP contribution in [-0.4, -0.2) is 103 Å². The van der Waals surface area contributed by atoms with E-state index in [1.54, 1.807) is 0 Å². The third-order valence-corrected chi connectivity index (χ3v) is 5.51. The van der Waals surface area contributed by atoms with Gasteiger partial charge in [-0.15, -0.1) is 0 Å². The van der Waals surface area contributed by atoms with Crippen molar-refractivity contribution in [3.05, 3.63) is 0 Å². The van der Waals surface area contributed by atoms with Crippen LogP contribution in [0.5, 0.6) is 0 Å². The Kier molecular flexibility index (Phi) is 19.0. The Balaban J connectivity index is 5.21. The maximum atomic E-state index is 12.7. The summed E-state index contributed by atoms with van der Waals surface area (Å²) in [5, 5.41) is 30.0. The van der Waals surface area contributed by atoms with E-state index in [2.05, 4.69) is 26.6 Å². The van der Waals surface area contributed by atoms with Crippen molar-refractivity contribution in [1.29, 1.82) is 0 Å². The van der Waals surface area contributed by atoms with Gasteiger partial charge in [0.05, 0.1) is 19.6 Å².